The molecule has 0 saturated heterocycles. The summed E-state index contributed by atoms with van der Waals surface area (Å²) in [5, 5.41) is 1.47. The van der Waals surface area contributed by atoms with Crippen LogP contribution in [0.1, 0.15) is 78.0 Å². The number of rotatable bonds is 14. The number of esters is 2. The normalized spacial score (nSPS) is 13.1. The summed E-state index contributed by atoms with van der Waals surface area (Å²) < 4.78 is 40.5. The van der Waals surface area contributed by atoms with Gasteiger partial charge in [-0.15, -0.1) is 0 Å². The minimum absolute atomic E-state index is 0.00418. The molecule has 0 radical (unpaired) electrons. The van der Waals surface area contributed by atoms with Gasteiger partial charge < -0.3 is 19.0 Å². The van der Waals surface area contributed by atoms with Crippen molar-refractivity contribution in [1.82, 2.24) is 5.32 Å². The zero-order valence-corrected chi connectivity index (χ0v) is 21.9. The third-order valence-corrected chi connectivity index (χ3v) is 6.99. The molecule has 0 aliphatic rings. The molecule has 0 amide bonds. The second-order valence-electron chi connectivity index (χ2n) is 9.48. The van der Waals surface area contributed by atoms with Gasteiger partial charge in [0.15, 0.2) is 11.5 Å². The van der Waals surface area contributed by atoms with Gasteiger partial charge in [0.2, 0.25) is 0 Å². The Morgan fingerprint density at radius 3 is 1.91 bits per heavy atom. The van der Waals surface area contributed by atoms with Gasteiger partial charge in [-0.05, 0) is 65.3 Å². The van der Waals surface area contributed by atoms with Crippen molar-refractivity contribution in [2.24, 2.45) is 10.8 Å². The number of ether oxygens (including phenoxy) is 2. The first-order valence-corrected chi connectivity index (χ1v) is 12.8. The number of carbonyl (C=O) groups excluding carboxylic acids is 3. The number of carbonyl (C=O) groups is 3. The fourth-order valence-corrected chi connectivity index (χ4v) is 4.61. The topological polar surface area (TPSA) is 125 Å². The summed E-state index contributed by atoms with van der Waals surface area (Å²) in [6.07, 6.45) is 2.68. The van der Waals surface area contributed by atoms with Gasteiger partial charge >= 0.3 is 28.5 Å². The Balaban J connectivity index is 3.53. The van der Waals surface area contributed by atoms with Crippen LogP contribution in [0.5, 0.6) is 11.5 Å². The lowest BCUT2D eigenvalue weighted by Gasteiger charge is -2.25. The highest BCUT2D eigenvalue weighted by atomic mass is 32.2. The Bertz CT molecular complexity index is 969. The fraction of sp³-hybridized carbons (Fsp3) is 0.625. The van der Waals surface area contributed by atoms with Gasteiger partial charge in [-0.3, -0.25) is 14.4 Å². The molecule has 192 valence electrons. The summed E-state index contributed by atoms with van der Waals surface area (Å²) in [5.74, 6) is -1.14. The van der Waals surface area contributed by atoms with Crippen LogP contribution in [0.15, 0.2) is 18.2 Å². The van der Waals surface area contributed by atoms with Crippen LogP contribution in [-0.4, -0.2) is 40.4 Å². The van der Waals surface area contributed by atoms with Gasteiger partial charge in [0.05, 0.1) is 10.8 Å². The van der Waals surface area contributed by atoms with Crippen LogP contribution in [0.4, 0.5) is 0 Å². The van der Waals surface area contributed by atoms with E-state index in [9.17, 15) is 22.8 Å². The maximum Gasteiger partial charge on any atom is 0.319 e. The van der Waals surface area contributed by atoms with Crippen LogP contribution in [0.2, 0.25) is 0 Å². The van der Waals surface area contributed by atoms with E-state index in [4.69, 9.17) is 9.47 Å². The molecule has 0 aliphatic carbocycles. The SMILES string of the molecule is CCCC(C)(C)C(=O)Oc1ccc(C(CNC)S(=O)(=O)OC=O)cc1OC(=O)C(C)(C)CCC. The van der Waals surface area contributed by atoms with E-state index in [0.717, 1.165) is 12.8 Å². The molecule has 0 fully saturated rings. The molecule has 1 N–H and O–H groups in total. The highest BCUT2D eigenvalue weighted by Crippen LogP contribution is 2.37. The standard InChI is InChI=1S/C24H37NO8S/c1-8-12-23(3,4)21(27)32-18-11-10-17(20(15-25-7)34(29,30)31-16-26)14-19(18)33-22(28)24(5,6)13-9-2/h10-11,14,16,20,25H,8-9,12-13,15H2,1-7H3. The lowest BCUT2D eigenvalue weighted by atomic mass is 9.88. The van der Waals surface area contributed by atoms with Crippen LogP contribution in [0.25, 0.3) is 0 Å². The van der Waals surface area contributed by atoms with Crippen molar-refractivity contribution in [2.75, 3.05) is 13.6 Å². The lowest BCUT2D eigenvalue weighted by Crippen LogP contribution is -2.31. The zero-order chi connectivity index (χ0) is 26.2. The zero-order valence-electron chi connectivity index (χ0n) is 21.1. The number of hydrogen-bond donors (Lipinski definition) is 1. The average Bonchev–Trinajstić information content (AvgIpc) is 2.73. The van der Waals surface area contributed by atoms with Gasteiger partial charge in [0.1, 0.15) is 5.25 Å². The highest BCUT2D eigenvalue weighted by molar-refractivity contribution is 7.87. The third kappa shape index (κ3) is 7.80. The van der Waals surface area contributed by atoms with E-state index >= 15 is 0 Å². The highest BCUT2D eigenvalue weighted by Gasteiger charge is 2.34. The van der Waals surface area contributed by atoms with Crippen LogP contribution in [0.3, 0.4) is 0 Å². The maximum absolute atomic E-state index is 12.9. The third-order valence-electron chi connectivity index (χ3n) is 5.51. The second-order valence-corrected chi connectivity index (χ2v) is 11.2. The smallest absolute Gasteiger partial charge is 0.319 e. The Kier molecular flexibility index (Phi) is 10.7. The molecule has 1 rings (SSSR count). The Morgan fingerprint density at radius 2 is 1.47 bits per heavy atom. The van der Waals surface area contributed by atoms with Crippen LogP contribution in [-0.2, 0) is 28.7 Å². The van der Waals surface area contributed by atoms with Crippen LogP contribution in [0, 0.1) is 10.8 Å². The molecular weight excluding hydrogens is 462 g/mol. The largest absolute Gasteiger partial charge is 0.422 e. The Labute approximate surface area is 202 Å². The van der Waals surface area contributed by atoms with Gasteiger partial charge in [0, 0.05) is 6.54 Å². The predicted molar refractivity (Wildman–Crippen MR) is 128 cm³/mol. The molecule has 0 saturated carbocycles. The number of nitrogens with one attached hydrogen (secondary N) is 1. The van der Waals surface area contributed by atoms with E-state index in [1.165, 1.54) is 18.2 Å². The summed E-state index contributed by atoms with van der Waals surface area (Å²) in [4.78, 5) is 36.4. The summed E-state index contributed by atoms with van der Waals surface area (Å²) in [7, 11) is -2.77. The molecule has 0 heterocycles. The lowest BCUT2D eigenvalue weighted by molar-refractivity contribution is -0.147. The van der Waals surface area contributed by atoms with Crippen molar-refractivity contribution in [3.8, 4) is 11.5 Å². The van der Waals surface area contributed by atoms with Crippen molar-refractivity contribution in [3.63, 3.8) is 0 Å². The summed E-state index contributed by atoms with van der Waals surface area (Å²) >= 11 is 0. The Hall–Kier alpha value is -2.46. The summed E-state index contributed by atoms with van der Waals surface area (Å²) in [5.41, 5.74) is -1.39. The van der Waals surface area contributed by atoms with Gasteiger partial charge in [-0.25, -0.2) is 0 Å². The number of benzene rings is 1. The molecule has 1 atom stereocenters. The van der Waals surface area contributed by atoms with E-state index in [1.54, 1.807) is 34.7 Å². The molecule has 9 nitrogen and oxygen atoms in total. The van der Waals surface area contributed by atoms with Crippen LogP contribution < -0.4 is 14.8 Å². The van der Waals surface area contributed by atoms with Crippen LogP contribution >= 0.6 is 0 Å². The monoisotopic (exact) mass is 499 g/mol. The summed E-state index contributed by atoms with van der Waals surface area (Å²) in [6.45, 7) is 10.7. The minimum atomic E-state index is -4.32. The number of hydrogen-bond acceptors (Lipinski definition) is 9. The quantitative estimate of drug-likeness (QED) is 0.175. The van der Waals surface area contributed by atoms with Crippen molar-refractivity contribution in [1.29, 1.82) is 0 Å². The summed E-state index contributed by atoms with van der Waals surface area (Å²) in [6, 6.07) is 4.13. The average molecular weight is 500 g/mol. The van der Waals surface area contributed by atoms with Gasteiger partial charge in [-0.2, -0.15) is 8.42 Å². The van der Waals surface area contributed by atoms with E-state index in [0.29, 0.717) is 12.8 Å². The molecule has 0 spiro atoms. The molecular formula is C24H37NO8S. The Morgan fingerprint density at radius 1 is 0.971 bits per heavy atom. The first-order valence-electron chi connectivity index (χ1n) is 11.3. The van der Waals surface area contributed by atoms with Crippen molar-refractivity contribution >= 4 is 28.5 Å². The van der Waals surface area contributed by atoms with E-state index in [-0.39, 0.29) is 30.1 Å². The van der Waals surface area contributed by atoms with E-state index in [2.05, 4.69) is 9.50 Å². The molecule has 10 heteroatoms. The van der Waals surface area contributed by atoms with Gasteiger partial charge in [0.25, 0.3) is 0 Å². The van der Waals surface area contributed by atoms with E-state index < -0.39 is 38.1 Å². The van der Waals surface area contributed by atoms with E-state index in [1.807, 2.05) is 13.8 Å². The first kappa shape index (κ1) is 29.6. The minimum Gasteiger partial charge on any atom is -0.422 e. The fourth-order valence-electron chi connectivity index (χ4n) is 3.51. The predicted octanol–water partition coefficient (Wildman–Crippen LogP) is 3.91. The second kappa shape index (κ2) is 12.3. The molecule has 34 heavy (non-hydrogen) atoms. The maximum atomic E-state index is 12.9. The van der Waals surface area contributed by atoms with Crippen molar-refractivity contribution in [3.05, 3.63) is 23.8 Å². The van der Waals surface area contributed by atoms with Crippen molar-refractivity contribution in [2.45, 2.75) is 72.5 Å². The molecule has 0 aromatic heterocycles. The van der Waals surface area contributed by atoms with Gasteiger partial charge in [-0.1, -0.05) is 32.8 Å². The van der Waals surface area contributed by atoms with Crippen molar-refractivity contribution < 1.29 is 36.5 Å². The number of likely N-dealkylation sites (N-methyl/N-ethyl adjacent to an activating group) is 1. The molecule has 1 unspecified atom stereocenters. The molecule has 1 aromatic rings. The molecule has 1 aromatic carbocycles. The molecule has 0 bridgehead atoms. The molecule has 0 aliphatic heterocycles. The first-order chi connectivity index (χ1) is 15.8.